The van der Waals surface area contributed by atoms with Gasteiger partial charge in [0.05, 0.1) is 17.6 Å². The van der Waals surface area contributed by atoms with Crippen LogP contribution in [0.1, 0.15) is 48.7 Å². The number of carboxylic acids is 1. The van der Waals surface area contributed by atoms with Gasteiger partial charge in [-0.25, -0.2) is 14.4 Å². The summed E-state index contributed by atoms with van der Waals surface area (Å²) in [5.74, 6) is -1.41. The topological polar surface area (TPSA) is 114 Å². The van der Waals surface area contributed by atoms with Crippen molar-refractivity contribution in [3.63, 3.8) is 0 Å². The molecule has 0 unspecified atom stereocenters. The summed E-state index contributed by atoms with van der Waals surface area (Å²) in [5.41, 5.74) is 5.34. The normalized spacial score (nSPS) is 11.7. The number of carboxylic acid groups (broad SMARTS) is 1. The molecule has 39 heavy (non-hydrogen) atoms. The highest BCUT2D eigenvalue weighted by Gasteiger charge is 2.17. The molecule has 2 aromatic carbocycles. The molecule has 0 saturated heterocycles. The lowest BCUT2D eigenvalue weighted by atomic mass is 9.86. The van der Waals surface area contributed by atoms with Gasteiger partial charge in [0.25, 0.3) is 0 Å². The SMILES string of the molecule is CC(C)(C)c1ccc(C(=O)CCc2ccc(-c3ncnc4[nH]c(-c5cnn(CC(=O)O)c5)cc34)cc2F)cc1. The molecule has 0 spiro atoms. The number of fused-ring (bicyclic) bond motifs is 1. The van der Waals surface area contributed by atoms with Gasteiger partial charge in [-0.05, 0) is 35.1 Å². The van der Waals surface area contributed by atoms with E-state index >= 15 is 4.39 Å². The van der Waals surface area contributed by atoms with Crippen LogP contribution in [0.3, 0.4) is 0 Å². The maximum Gasteiger partial charge on any atom is 0.325 e. The number of carbonyl (C=O) groups excluding carboxylic acids is 1. The van der Waals surface area contributed by atoms with Gasteiger partial charge in [0.15, 0.2) is 5.78 Å². The molecule has 9 heteroatoms. The molecule has 3 aromatic heterocycles. The molecule has 0 aliphatic rings. The minimum absolute atomic E-state index is 0.00879. The van der Waals surface area contributed by atoms with Crippen molar-refractivity contribution in [2.45, 2.75) is 45.6 Å². The van der Waals surface area contributed by atoms with E-state index in [4.69, 9.17) is 5.11 Å². The zero-order valence-electron chi connectivity index (χ0n) is 21.9. The molecule has 0 aliphatic heterocycles. The van der Waals surface area contributed by atoms with Crippen LogP contribution in [0, 0.1) is 5.82 Å². The fourth-order valence-electron chi connectivity index (χ4n) is 4.50. The number of carbonyl (C=O) groups is 2. The third-order valence-electron chi connectivity index (χ3n) is 6.69. The maximum atomic E-state index is 15.1. The zero-order valence-corrected chi connectivity index (χ0v) is 21.9. The average molecular weight is 526 g/mol. The summed E-state index contributed by atoms with van der Waals surface area (Å²) >= 11 is 0. The smallest absolute Gasteiger partial charge is 0.325 e. The molecular formula is C30H28FN5O3. The number of nitrogens with zero attached hydrogens (tertiary/aromatic N) is 4. The quantitative estimate of drug-likeness (QED) is 0.247. The molecule has 5 rings (SSSR count). The Morgan fingerprint density at radius 1 is 1.03 bits per heavy atom. The number of Topliss-reactive ketones (excluding diaryl/α,β-unsaturated/α-hetero) is 1. The second-order valence-corrected chi connectivity index (χ2v) is 10.5. The third-order valence-corrected chi connectivity index (χ3v) is 6.69. The van der Waals surface area contributed by atoms with Crippen LogP contribution < -0.4 is 0 Å². The van der Waals surface area contributed by atoms with Crippen molar-refractivity contribution in [2.24, 2.45) is 0 Å². The van der Waals surface area contributed by atoms with Crippen LogP contribution in [0.4, 0.5) is 4.39 Å². The summed E-state index contributed by atoms with van der Waals surface area (Å²) in [6.07, 6.45) is 5.09. The molecule has 2 N–H and O–H groups in total. The Kier molecular flexibility index (Phi) is 6.82. The number of hydrogen-bond acceptors (Lipinski definition) is 5. The van der Waals surface area contributed by atoms with Crippen molar-refractivity contribution < 1.29 is 19.1 Å². The van der Waals surface area contributed by atoms with Gasteiger partial charge >= 0.3 is 5.97 Å². The van der Waals surface area contributed by atoms with Crippen molar-refractivity contribution >= 4 is 22.8 Å². The molecule has 0 fully saturated rings. The van der Waals surface area contributed by atoms with Gasteiger partial charge < -0.3 is 10.1 Å². The number of aromatic amines is 1. The Morgan fingerprint density at radius 3 is 2.49 bits per heavy atom. The summed E-state index contributed by atoms with van der Waals surface area (Å²) < 4.78 is 16.5. The number of rotatable bonds is 8. The molecule has 0 aliphatic carbocycles. The molecule has 0 bridgehead atoms. The lowest BCUT2D eigenvalue weighted by Crippen LogP contribution is -2.11. The second kappa shape index (κ2) is 10.2. The molecule has 0 radical (unpaired) electrons. The Labute approximate surface area is 224 Å². The van der Waals surface area contributed by atoms with Crippen LogP contribution >= 0.6 is 0 Å². The average Bonchev–Trinajstić information content (AvgIpc) is 3.54. The highest BCUT2D eigenvalue weighted by Crippen LogP contribution is 2.31. The first-order chi connectivity index (χ1) is 18.6. The van der Waals surface area contributed by atoms with Crippen LogP contribution in [0.5, 0.6) is 0 Å². The number of halogens is 1. The van der Waals surface area contributed by atoms with E-state index < -0.39 is 11.8 Å². The Hall–Kier alpha value is -4.66. The van der Waals surface area contributed by atoms with Crippen LogP contribution in [-0.2, 0) is 23.2 Å². The van der Waals surface area contributed by atoms with Crippen molar-refractivity contribution in [1.82, 2.24) is 24.7 Å². The van der Waals surface area contributed by atoms with Crippen molar-refractivity contribution in [1.29, 1.82) is 0 Å². The number of nitrogens with one attached hydrogen (secondary N) is 1. The van der Waals surface area contributed by atoms with E-state index in [1.807, 2.05) is 30.3 Å². The molecule has 5 aromatic rings. The van der Waals surface area contributed by atoms with Crippen LogP contribution in [0.15, 0.2) is 67.3 Å². The van der Waals surface area contributed by atoms with Gasteiger partial charge in [0.1, 0.15) is 24.3 Å². The molecular weight excluding hydrogens is 497 g/mol. The molecule has 198 valence electrons. The summed E-state index contributed by atoms with van der Waals surface area (Å²) in [6.45, 7) is 6.12. The summed E-state index contributed by atoms with van der Waals surface area (Å²) in [4.78, 5) is 35.5. The van der Waals surface area contributed by atoms with E-state index in [0.29, 0.717) is 51.1 Å². The predicted molar refractivity (Wildman–Crippen MR) is 146 cm³/mol. The summed E-state index contributed by atoms with van der Waals surface area (Å²) in [5, 5.41) is 13.7. The van der Waals surface area contributed by atoms with Crippen LogP contribution in [-0.4, -0.2) is 41.6 Å². The first kappa shape index (κ1) is 26.0. The highest BCUT2D eigenvalue weighted by atomic mass is 19.1. The zero-order chi connectivity index (χ0) is 27.7. The molecule has 8 nitrogen and oxygen atoms in total. The highest BCUT2D eigenvalue weighted by molar-refractivity contribution is 5.96. The monoisotopic (exact) mass is 525 g/mol. The molecule has 0 amide bonds. The van der Waals surface area contributed by atoms with E-state index in [-0.39, 0.29) is 24.2 Å². The standard InChI is InChI=1S/C30H28FN5O3/c1-30(2,3)22-9-6-19(7-10-22)26(37)11-8-18-4-5-20(12-24(18)31)28-23-13-25(35-29(23)33-17-32-28)21-14-34-36(15-21)16-27(38)39/h4-7,9-10,12-15,17H,8,11,16H2,1-3H3,(H,38,39)(H,32,33,35). The lowest BCUT2D eigenvalue weighted by Gasteiger charge is -2.19. The number of H-pyrrole nitrogens is 1. The second-order valence-electron chi connectivity index (χ2n) is 10.5. The minimum atomic E-state index is -0.987. The fourth-order valence-corrected chi connectivity index (χ4v) is 4.50. The van der Waals surface area contributed by atoms with Crippen LogP contribution in [0.25, 0.3) is 33.5 Å². The molecule has 0 atom stereocenters. The van der Waals surface area contributed by atoms with E-state index in [1.165, 1.54) is 17.1 Å². The Balaban J connectivity index is 1.33. The predicted octanol–water partition coefficient (Wildman–Crippen LogP) is 5.83. The Morgan fingerprint density at radius 2 is 1.79 bits per heavy atom. The van der Waals surface area contributed by atoms with Gasteiger partial charge in [-0.2, -0.15) is 5.10 Å². The molecule has 0 saturated carbocycles. The van der Waals surface area contributed by atoms with Gasteiger partial charge in [-0.1, -0.05) is 57.2 Å². The number of ketones is 1. The number of hydrogen-bond donors (Lipinski definition) is 2. The number of aliphatic carboxylic acids is 1. The number of aryl methyl sites for hydroxylation is 1. The molecule has 3 heterocycles. The van der Waals surface area contributed by atoms with E-state index in [9.17, 15) is 9.59 Å². The third kappa shape index (κ3) is 5.62. The van der Waals surface area contributed by atoms with E-state index in [1.54, 1.807) is 24.5 Å². The largest absolute Gasteiger partial charge is 0.480 e. The number of aromatic nitrogens is 5. The summed E-state index contributed by atoms with van der Waals surface area (Å²) in [6, 6.07) is 14.4. The first-order valence-electron chi connectivity index (χ1n) is 12.6. The van der Waals surface area contributed by atoms with Crippen molar-refractivity contribution in [3.05, 3.63) is 89.8 Å². The van der Waals surface area contributed by atoms with Crippen molar-refractivity contribution in [3.8, 4) is 22.5 Å². The lowest BCUT2D eigenvalue weighted by molar-refractivity contribution is -0.137. The van der Waals surface area contributed by atoms with E-state index in [0.717, 1.165) is 5.56 Å². The van der Waals surface area contributed by atoms with Gasteiger partial charge in [0, 0.05) is 34.7 Å². The first-order valence-corrected chi connectivity index (χ1v) is 12.6. The fraction of sp³-hybridized carbons (Fsp3) is 0.233. The van der Waals surface area contributed by atoms with Crippen LogP contribution in [0.2, 0.25) is 0 Å². The van der Waals surface area contributed by atoms with E-state index in [2.05, 4.69) is 40.8 Å². The summed E-state index contributed by atoms with van der Waals surface area (Å²) in [7, 11) is 0. The Bertz CT molecular complexity index is 1680. The minimum Gasteiger partial charge on any atom is -0.480 e. The number of benzene rings is 2. The van der Waals surface area contributed by atoms with Gasteiger partial charge in [0.2, 0.25) is 0 Å². The van der Waals surface area contributed by atoms with Crippen molar-refractivity contribution in [2.75, 3.05) is 0 Å². The van der Waals surface area contributed by atoms with Gasteiger partial charge in [-0.15, -0.1) is 0 Å². The maximum absolute atomic E-state index is 15.1. The van der Waals surface area contributed by atoms with Gasteiger partial charge in [-0.3, -0.25) is 14.3 Å².